The van der Waals surface area contributed by atoms with Gasteiger partial charge in [-0.2, -0.15) is 0 Å². The van der Waals surface area contributed by atoms with E-state index in [0.29, 0.717) is 5.82 Å². The molecular formula is C16H25Cl2N3O2. The first kappa shape index (κ1) is 20.2. The van der Waals surface area contributed by atoms with Crippen molar-refractivity contribution in [3.05, 3.63) is 30.1 Å². The molecule has 0 unspecified atom stereocenters. The third-order valence-electron chi connectivity index (χ3n) is 4.32. The van der Waals surface area contributed by atoms with Gasteiger partial charge in [0.1, 0.15) is 12.4 Å². The van der Waals surface area contributed by atoms with Crippen LogP contribution in [-0.2, 0) is 13.2 Å². The Balaban J connectivity index is 0.00000132. The van der Waals surface area contributed by atoms with Gasteiger partial charge in [0.05, 0.1) is 17.1 Å². The van der Waals surface area contributed by atoms with Crippen LogP contribution in [0.4, 0.5) is 0 Å². The van der Waals surface area contributed by atoms with Gasteiger partial charge in [-0.3, -0.25) is 0 Å². The number of aryl methyl sites for hydroxylation is 1. The second-order valence-electron chi connectivity index (χ2n) is 5.74. The number of aromatic nitrogens is 2. The molecule has 0 radical (unpaired) electrons. The van der Waals surface area contributed by atoms with Crippen molar-refractivity contribution in [3.63, 3.8) is 0 Å². The average molecular weight is 362 g/mol. The average Bonchev–Trinajstić information content (AvgIpc) is 2.87. The van der Waals surface area contributed by atoms with Gasteiger partial charge in [-0.1, -0.05) is 12.1 Å². The Morgan fingerprint density at radius 2 is 2.04 bits per heavy atom. The van der Waals surface area contributed by atoms with Crippen LogP contribution < -0.4 is 5.32 Å². The van der Waals surface area contributed by atoms with Gasteiger partial charge in [-0.05, 0) is 44.4 Å². The molecule has 1 aliphatic heterocycles. The summed E-state index contributed by atoms with van der Waals surface area (Å²) in [4.78, 5) is 4.46. The normalized spacial score (nSPS) is 20.8. The fraction of sp³-hybridized carbons (Fsp3) is 0.562. The van der Waals surface area contributed by atoms with E-state index in [0.717, 1.165) is 49.8 Å². The molecule has 3 rings (SSSR count). The molecule has 0 saturated carbocycles. The van der Waals surface area contributed by atoms with E-state index in [1.807, 2.05) is 24.3 Å². The van der Waals surface area contributed by atoms with Crippen LogP contribution in [0.15, 0.2) is 24.3 Å². The van der Waals surface area contributed by atoms with Gasteiger partial charge in [0, 0.05) is 12.6 Å². The van der Waals surface area contributed by atoms with E-state index in [1.54, 1.807) is 0 Å². The summed E-state index contributed by atoms with van der Waals surface area (Å²) in [6.07, 6.45) is 3.63. The van der Waals surface area contributed by atoms with Crippen molar-refractivity contribution in [2.24, 2.45) is 0 Å². The Bertz CT molecular complexity index is 606. The number of aliphatic hydroxyl groups excluding tert-OH is 2. The standard InChI is InChI=1S/C16H23N3O2.2ClH/c20-11-16-18-12-5-1-2-7-14(12)19(16)10-4-6-13-15(21)8-3-9-17-13;;/h1-2,5,7,13,15,17,20-21H,3-4,6,8-11H2;2*1H/t13-,15+;;/m1../s1. The number of rotatable bonds is 5. The molecule has 0 bridgehead atoms. The Kier molecular flexibility index (Phi) is 8.29. The smallest absolute Gasteiger partial charge is 0.135 e. The second kappa shape index (κ2) is 9.45. The van der Waals surface area contributed by atoms with Crippen molar-refractivity contribution in [2.45, 2.75) is 51.0 Å². The highest BCUT2D eigenvalue weighted by Gasteiger charge is 2.22. The Morgan fingerprint density at radius 1 is 1.26 bits per heavy atom. The van der Waals surface area contributed by atoms with E-state index >= 15 is 0 Å². The third-order valence-corrected chi connectivity index (χ3v) is 4.32. The number of hydrogen-bond donors (Lipinski definition) is 3. The zero-order chi connectivity index (χ0) is 14.7. The van der Waals surface area contributed by atoms with E-state index < -0.39 is 0 Å². The van der Waals surface area contributed by atoms with Crippen LogP contribution in [-0.4, -0.2) is 38.5 Å². The lowest BCUT2D eigenvalue weighted by atomic mass is 9.97. The zero-order valence-corrected chi connectivity index (χ0v) is 14.7. The van der Waals surface area contributed by atoms with Crippen LogP contribution in [0.25, 0.3) is 11.0 Å². The Hall–Kier alpha value is -0.850. The first-order valence-electron chi connectivity index (χ1n) is 7.76. The first-order valence-corrected chi connectivity index (χ1v) is 7.76. The molecule has 2 atom stereocenters. The summed E-state index contributed by atoms with van der Waals surface area (Å²) in [5.41, 5.74) is 2.00. The number of nitrogens with one attached hydrogen (secondary N) is 1. The van der Waals surface area contributed by atoms with Crippen molar-refractivity contribution in [2.75, 3.05) is 6.54 Å². The lowest BCUT2D eigenvalue weighted by molar-refractivity contribution is 0.0908. The van der Waals surface area contributed by atoms with E-state index in [2.05, 4.69) is 14.9 Å². The number of piperidine rings is 1. The molecule has 7 heteroatoms. The van der Waals surface area contributed by atoms with Gasteiger partial charge in [0.25, 0.3) is 0 Å². The molecule has 5 nitrogen and oxygen atoms in total. The van der Waals surface area contributed by atoms with Gasteiger partial charge in [-0.15, -0.1) is 24.8 Å². The number of benzene rings is 1. The molecule has 1 fully saturated rings. The molecule has 3 N–H and O–H groups in total. The molecule has 23 heavy (non-hydrogen) atoms. The molecule has 1 aromatic heterocycles. The predicted octanol–water partition coefficient (Wildman–Crippen LogP) is 2.27. The summed E-state index contributed by atoms with van der Waals surface area (Å²) in [6.45, 7) is 1.78. The fourth-order valence-electron chi connectivity index (χ4n) is 3.20. The molecule has 0 spiro atoms. The van der Waals surface area contributed by atoms with Gasteiger partial charge >= 0.3 is 0 Å². The van der Waals surface area contributed by atoms with Crippen molar-refractivity contribution in [1.29, 1.82) is 0 Å². The maximum atomic E-state index is 9.98. The van der Waals surface area contributed by atoms with E-state index in [-0.39, 0.29) is 43.6 Å². The minimum absolute atomic E-state index is 0. The summed E-state index contributed by atoms with van der Waals surface area (Å²) in [7, 11) is 0. The molecule has 0 aliphatic carbocycles. The molecule has 2 aromatic rings. The van der Waals surface area contributed by atoms with E-state index in [9.17, 15) is 10.2 Å². The first-order chi connectivity index (χ1) is 10.3. The molecule has 130 valence electrons. The van der Waals surface area contributed by atoms with Gasteiger partial charge in [0.15, 0.2) is 0 Å². The number of hydrogen-bond acceptors (Lipinski definition) is 4. The molecule has 1 aliphatic rings. The lowest BCUT2D eigenvalue weighted by Crippen LogP contribution is -2.44. The number of para-hydroxylation sites is 2. The highest BCUT2D eigenvalue weighted by Crippen LogP contribution is 2.18. The fourth-order valence-corrected chi connectivity index (χ4v) is 3.20. The number of nitrogens with zero attached hydrogens (tertiary/aromatic N) is 2. The van der Waals surface area contributed by atoms with Gasteiger partial charge in [-0.25, -0.2) is 4.98 Å². The van der Waals surface area contributed by atoms with E-state index in [1.165, 1.54) is 0 Å². The molecule has 2 heterocycles. The van der Waals surface area contributed by atoms with Crippen molar-refractivity contribution in [1.82, 2.24) is 14.9 Å². The highest BCUT2D eigenvalue weighted by atomic mass is 35.5. The minimum Gasteiger partial charge on any atom is -0.392 e. The summed E-state index contributed by atoms with van der Waals surface area (Å²) < 4.78 is 2.09. The Labute approximate surface area is 148 Å². The van der Waals surface area contributed by atoms with Crippen LogP contribution in [0.3, 0.4) is 0 Å². The summed E-state index contributed by atoms with van der Waals surface area (Å²) in [6, 6.07) is 8.16. The predicted molar refractivity (Wildman–Crippen MR) is 96.4 cm³/mol. The summed E-state index contributed by atoms with van der Waals surface area (Å²) in [5.74, 6) is 0.716. The maximum Gasteiger partial charge on any atom is 0.135 e. The molecular weight excluding hydrogens is 337 g/mol. The van der Waals surface area contributed by atoms with Crippen molar-refractivity contribution >= 4 is 35.8 Å². The van der Waals surface area contributed by atoms with Crippen LogP contribution in [0, 0.1) is 0 Å². The van der Waals surface area contributed by atoms with Gasteiger partial charge < -0.3 is 20.1 Å². The van der Waals surface area contributed by atoms with Crippen molar-refractivity contribution in [3.8, 4) is 0 Å². The number of fused-ring (bicyclic) bond motifs is 1. The maximum absolute atomic E-state index is 9.98. The second-order valence-corrected chi connectivity index (χ2v) is 5.74. The Morgan fingerprint density at radius 3 is 2.78 bits per heavy atom. The topological polar surface area (TPSA) is 70.3 Å². The van der Waals surface area contributed by atoms with Crippen molar-refractivity contribution < 1.29 is 10.2 Å². The summed E-state index contributed by atoms with van der Waals surface area (Å²) in [5, 5.41) is 22.8. The van der Waals surface area contributed by atoms with Crippen LogP contribution in [0.2, 0.25) is 0 Å². The van der Waals surface area contributed by atoms with Crippen LogP contribution in [0.5, 0.6) is 0 Å². The SMILES string of the molecule is Cl.Cl.OCc1nc2ccccc2n1CCC[C@H]1NCCC[C@@H]1O. The quantitative estimate of drug-likeness (QED) is 0.763. The molecule has 0 amide bonds. The van der Waals surface area contributed by atoms with Gasteiger partial charge in [0.2, 0.25) is 0 Å². The zero-order valence-electron chi connectivity index (χ0n) is 13.0. The number of aliphatic hydroxyl groups is 2. The number of imidazole rings is 1. The minimum atomic E-state index is -0.226. The van der Waals surface area contributed by atoms with Crippen LogP contribution in [0.1, 0.15) is 31.5 Å². The third kappa shape index (κ3) is 4.58. The molecule has 1 aromatic carbocycles. The highest BCUT2D eigenvalue weighted by molar-refractivity contribution is 5.85. The van der Waals surface area contributed by atoms with E-state index in [4.69, 9.17) is 0 Å². The molecule has 1 saturated heterocycles. The monoisotopic (exact) mass is 361 g/mol. The largest absolute Gasteiger partial charge is 0.392 e. The van der Waals surface area contributed by atoms with Crippen LogP contribution >= 0.6 is 24.8 Å². The number of halogens is 2. The summed E-state index contributed by atoms with van der Waals surface area (Å²) >= 11 is 0. The lowest BCUT2D eigenvalue weighted by Gasteiger charge is -2.29.